The predicted molar refractivity (Wildman–Crippen MR) is 84.0 cm³/mol. The molecule has 0 aromatic heterocycles. The number of thioether (sulfide) groups is 1. The molecule has 120 valence electrons. The van der Waals surface area contributed by atoms with Gasteiger partial charge in [0.15, 0.2) is 0 Å². The molecule has 0 aromatic carbocycles. The maximum atomic E-state index is 10.5. The van der Waals surface area contributed by atoms with E-state index in [9.17, 15) is 9.59 Å². The number of carbonyl (C=O) groups excluding carboxylic acids is 2. The third-order valence-corrected chi connectivity index (χ3v) is 2.53. The molecule has 20 heavy (non-hydrogen) atoms. The van der Waals surface area contributed by atoms with Crippen molar-refractivity contribution in [2.24, 2.45) is 0 Å². The molecule has 0 amide bonds. The van der Waals surface area contributed by atoms with E-state index < -0.39 is 5.97 Å². The highest BCUT2D eigenvalue weighted by molar-refractivity contribution is 7.99. The van der Waals surface area contributed by atoms with Crippen LogP contribution in [-0.4, -0.2) is 58.0 Å². The van der Waals surface area contributed by atoms with E-state index in [0.29, 0.717) is 18.3 Å². The maximum absolute atomic E-state index is 10.5. The van der Waals surface area contributed by atoms with Crippen LogP contribution in [0.2, 0.25) is 0 Å². The normalized spacial score (nSPS) is 8.25. The lowest BCUT2D eigenvalue weighted by molar-refractivity contribution is -0.140. The second-order valence-electron chi connectivity index (χ2n) is 2.79. The monoisotopic (exact) mass is 328 g/mol. The highest BCUT2D eigenvalue weighted by Gasteiger charge is 1.97. The van der Waals surface area contributed by atoms with Crippen LogP contribution in [0.1, 0.15) is 6.42 Å². The van der Waals surface area contributed by atoms with Gasteiger partial charge >= 0.3 is 11.9 Å². The first-order valence-electron chi connectivity index (χ1n) is 5.47. The predicted octanol–water partition coefficient (Wildman–Crippen LogP) is 1.75. The van der Waals surface area contributed by atoms with Crippen LogP contribution in [0.15, 0.2) is 12.7 Å². The zero-order valence-corrected chi connectivity index (χ0v) is 14.1. The Bertz CT molecular complexity index is 234. The van der Waals surface area contributed by atoms with Crippen LogP contribution in [0.3, 0.4) is 0 Å². The van der Waals surface area contributed by atoms with Crippen molar-refractivity contribution in [1.29, 1.82) is 0 Å². The molecule has 0 radical (unpaired) electrons. The molecule has 8 heteroatoms. The first-order valence-corrected chi connectivity index (χ1v) is 7.26. The Morgan fingerprint density at radius 1 is 1.15 bits per heavy atom. The minimum absolute atomic E-state index is 0.163. The summed E-state index contributed by atoms with van der Waals surface area (Å²) in [7, 11) is 5.94. The maximum Gasteiger partial charge on any atom is 0.329 e. The van der Waals surface area contributed by atoms with Gasteiger partial charge in [-0.05, 0) is 0 Å². The number of rotatable bonds is 7. The third-order valence-electron chi connectivity index (χ3n) is 1.38. The Morgan fingerprint density at radius 2 is 1.70 bits per heavy atom. The standard InChI is InChI=1S/C6H12O3S.C4H6O2.C2H6OS/c1-8-5-10-4-3-6(7)9-2;1-3-4(5)6-2;1-3-2-4/h3-5H2,1-2H3;3H,1H2,2H3;4H,2H2,1H3. The highest BCUT2D eigenvalue weighted by Crippen LogP contribution is 2.01. The second kappa shape index (κ2) is 23.4. The minimum Gasteiger partial charge on any atom is -0.469 e. The van der Waals surface area contributed by atoms with Gasteiger partial charge in [0, 0.05) is 26.0 Å². The Kier molecular flexibility index (Phi) is 28.5. The average molecular weight is 328 g/mol. The largest absolute Gasteiger partial charge is 0.469 e. The van der Waals surface area contributed by atoms with Gasteiger partial charge in [-0.15, -0.1) is 11.8 Å². The Hall–Kier alpha value is -0.700. The zero-order valence-electron chi connectivity index (χ0n) is 12.4. The summed E-state index contributed by atoms with van der Waals surface area (Å²) in [5, 5.41) is 0. The van der Waals surface area contributed by atoms with Crippen LogP contribution >= 0.6 is 24.4 Å². The van der Waals surface area contributed by atoms with Crippen LogP contribution in [0.5, 0.6) is 0 Å². The second-order valence-corrected chi connectivity index (χ2v) is 4.10. The summed E-state index contributed by atoms with van der Waals surface area (Å²) >= 11 is 5.27. The quantitative estimate of drug-likeness (QED) is 0.251. The lowest BCUT2D eigenvalue weighted by Crippen LogP contribution is -2.01. The van der Waals surface area contributed by atoms with E-state index in [-0.39, 0.29) is 5.97 Å². The summed E-state index contributed by atoms with van der Waals surface area (Å²) < 4.78 is 17.8. The zero-order chi connectivity index (χ0) is 16.2. The van der Waals surface area contributed by atoms with Crippen molar-refractivity contribution in [3.63, 3.8) is 0 Å². The van der Waals surface area contributed by atoms with Gasteiger partial charge in [-0.1, -0.05) is 6.58 Å². The van der Waals surface area contributed by atoms with Gasteiger partial charge in [0.25, 0.3) is 0 Å². The van der Waals surface area contributed by atoms with Crippen molar-refractivity contribution in [2.75, 3.05) is 46.1 Å². The molecular formula is C12H24O6S2. The molecule has 0 saturated heterocycles. The molecule has 0 unspecified atom stereocenters. The Balaban J connectivity index is -0.000000246. The summed E-state index contributed by atoms with van der Waals surface area (Å²) in [4.78, 5) is 20.3. The fourth-order valence-electron chi connectivity index (χ4n) is 0.483. The van der Waals surface area contributed by atoms with E-state index in [1.165, 1.54) is 14.2 Å². The van der Waals surface area contributed by atoms with Crippen molar-refractivity contribution in [3.05, 3.63) is 12.7 Å². The van der Waals surface area contributed by atoms with Gasteiger partial charge in [-0.25, -0.2) is 4.79 Å². The summed E-state index contributed by atoms with van der Waals surface area (Å²) in [6.45, 7) is 3.16. The van der Waals surface area contributed by atoms with E-state index in [4.69, 9.17) is 4.74 Å². The smallest absolute Gasteiger partial charge is 0.329 e. The fourth-order valence-corrected chi connectivity index (χ4v) is 1.08. The van der Waals surface area contributed by atoms with Crippen LogP contribution in [0, 0.1) is 0 Å². The molecule has 0 rings (SSSR count). The van der Waals surface area contributed by atoms with Crippen LogP contribution in [0.4, 0.5) is 0 Å². The van der Waals surface area contributed by atoms with E-state index in [1.807, 2.05) is 0 Å². The van der Waals surface area contributed by atoms with Gasteiger partial charge in [0.2, 0.25) is 0 Å². The summed E-state index contributed by atoms with van der Waals surface area (Å²) in [5.74, 6) is 1.36. The molecule has 0 saturated carbocycles. The molecule has 0 heterocycles. The summed E-state index contributed by atoms with van der Waals surface area (Å²) in [6, 6.07) is 0. The number of hydrogen-bond donors (Lipinski definition) is 1. The van der Waals surface area contributed by atoms with Crippen molar-refractivity contribution in [1.82, 2.24) is 0 Å². The molecule has 0 bridgehead atoms. The van der Waals surface area contributed by atoms with Gasteiger partial charge in [-0.3, -0.25) is 4.79 Å². The molecule has 0 spiro atoms. The number of ether oxygens (including phenoxy) is 4. The number of methoxy groups -OCH3 is 4. The number of hydrogen-bond acceptors (Lipinski definition) is 8. The van der Waals surface area contributed by atoms with Crippen molar-refractivity contribution in [3.8, 4) is 0 Å². The van der Waals surface area contributed by atoms with E-state index in [1.54, 1.807) is 26.0 Å². The molecular weight excluding hydrogens is 304 g/mol. The van der Waals surface area contributed by atoms with Crippen LogP contribution < -0.4 is 0 Å². The molecule has 0 N–H and O–H groups in total. The lowest BCUT2D eigenvalue weighted by atomic mass is 10.5. The van der Waals surface area contributed by atoms with Gasteiger partial charge in [-0.2, -0.15) is 12.6 Å². The molecule has 6 nitrogen and oxygen atoms in total. The average Bonchev–Trinajstić information content (AvgIpc) is 2.51. The number of carbonyl (C=O) groups is 2. The Morgan fingerprint density at radius 3 is 1.95 bits per heavy atom. The molecule has 0 aliphatic rings. The van der Waals surface area contributed by atoms with Gasteiger partial charge in [0.05, 0.1) is 32.5 Å². The molecule has 0 aliphatic heterocycles. The lowest BCUT2D eigenvalue weighted by Gasteiger charge is -1.97. The van der Waals surface area contributed by atoms with Crippen molar-refractivity contribution in [2.45, 2.75) is 6.42 Å². The minimum atomic E-state index is -0.394. The first-order chi connectivity index (χ1) is 9.53. The molecule has 0 atom stereocenters. The molecule has 0 aliphatic carbocycles. The van der Waals surface area contributed by atoms with Gasteiger partial charge < -0.3 is 18.9 Å². The van der Waals surface area contributed by atoms with Crippen LogP contribution in [-0.2, 0) is 28.5 Å². The van der Waals surface area contributed by atoms with E-state index in [2.05, 4.69) is 33.4 Å². The third kappa shape index (κ3) is 30.4. The summed E-state index contributed by atoms with van der Waals surface area (Å²) in [5.41, 5.74) is 0. The van der Waals surface area contributed by atoms with E-state index >= 15 is 0 Å². The van der Waals surface area contributed by atoms with Crippen molar-refractivity contribution >= 4 is 36.3 Å². The Labute approximate surface area is 130 Å². The highest BCUT2D eigenvalue weighted by atomic mass is 32.2. The first kappa shape index (κ1) is 24.3. The van der Waals surface area contributed by atoms with Crippen molar-refractivity contribution < 1.29 is 28.5 Å². The molecule has 0 aromatic rings. The topological polar surface area (TPSA) is 71.1 Å². The molecule has 0 fully saturated rings. The summed E-state index contributed by atoms with van der Waals surface area (Å²) in [6.07, 6.45) is 1.57. The number of esters is 2. The van der Waals surface area contributed by atoms with E-state index in [0.717, 1.165) is 11.8 Å². The number of thiol groups is 1. The fraction of sp³-hybridized carbons (Fsp3) is 0.667. The van der Waals surface area contributed by atoms with Gasteiger partial charge in [0.1, 0.15) is 0 Å². The van der Waals surface area contributed by atoms with Crippen LogP contribution in [0.25, 0.3) is 0 Å². The SMILES string of the molecule is C=CC(=O)OC.COCS.COCSCCC(=O)OC.